The van der Waals surface area contributed by atoms with Gasteiger partial charge in [0.05, 0.1) is 12.2 Å². The van der Waals surface area contributed by atoms with Crippen molar-refractivity contribution >= 4 is 5.97 Å². The Balaban J connectivity index is 2.48. The number of benzene rings is 2. The van der Waals surface area contributed by atoms with Gasteiger partial charge in [0.1, 0.15) is 5.75 Å². The molecule has 0 saturated carbocycles. The van der Waals surface area contributed by atoms with Crippen molar-refractivity contribution in [2.75, 3.05) is 13.2 Å². The molecule has 1 N–H and O–H groups in total. The average molecular weight is 412 g/mol. The summed E-state index contributed by atoms with van der Waals surface area (Å²) in [6.45, 7) is 14.6. The molecule has 0 heterocycles. The van der Waals surface area contributed by atoms with E-state index in [2.05, 4.69) is 58.6 Å². The highest BCUT2D eigenvalue weighted by Crippen LogP contribution is 2.36. The molecule has 2 rings (SSSR count). The molecule has 0 bridgehead atoms. The minimum atomic E-state index is -0.913. The summed E-state index contributed by atoms with van der Waals surface area (Å²) >= 11 is 0. The van der Waals surface area contributed by atoms with Crippen molar-refractivity contribution in [1.82, 2.24) is 4.90 Å². The van der Waals surface area contributed by atoms with E-state index >= 15 is 0 Å². The molecule has 0 radical (unpaired) electrons. The highest BCUT2D eigenvalue weighted by atomic mass is 16.5. The Morgan fingerprint density at radius 3 is 2.13 bits per heavy atom. The maximum absolute atomic E-state index is 11.7. The molecule has 0 saturated heterocycles. The van der Waals surface area contributed by atoms with E-state index < -0.39 is 5.97 Å². The van der Waals surface area contributed by atoms with Crippen LogP contribution >= 0.6 is 0 Å². The SMILES string of the molecule is CC(C)COc1ccc(C(=O)O)cc1[C@H](CCN(C(C)C)C(C)C)c1ccccc1. The van der Waals surface area contributed by atoms with Gasteiger partial charge in [-0.15, -0.1) is 0 Å². The summed E-state index contributed by atoms with van der Waals surface area (Å²) in [7, 11) is 0. The third kappa shape index (κ3) is 6.60. The molecule has 30 heavy (non-hydrogen) atoms. The number of ether oxygens (including phenoxy) is 1. The molecular weight excluding hydrogens is 374 g/mol. The fourth-order valence-corrected chi connectivity index (χ4v) is 3.92. The summed E-state index contributed by atoms with van der Waals surface area (Å²) in [6.07, 6.45) is 0.890. The molecule has 4 nitrogen and oxygen atoms in total. The van der Waals surface area contributed by atoms with Gasteiger partial charge in [-0.3, -0.25) is 4.90 Å². The van der Waals surface area contributed by atoms with Gasteiger partial charge in [0.25, 0.3) is 0 Å². The zero-order chi connectivity index (χ0) is 22.3. The fraction of sp³-hybridized carbons (Fsp3) is 0.500. The molecule has 2 aromatic carbocycles. The van der Waals surface area contributed by atoms with Gasteiger partial charge >= 0.3 is 5.97 Å². The fourth-order valence-electron chi connectivity index (χ4n) is 3.92. The summed E-state index contributed by atoms with van der Waals surface area (Å²) < 4.78 is 6.13. The van der Waals surface area contributed by atoms with E-state index in [-0.39, 0.29) is 5.92 Å². The second kappa shape index (κ2) is 11.2. The van der Waals surface area contributed by atoms with Gasteiger partial charge < -0.3 is 9.84 Å². The molecule has 0 aliphatic heterocycles. The van der Waals surface area contributed by atoms with Crippen LogP contribution in [-0.4, -0.2) is 41.2 Å². The van der Waals surface area contributed by atoms with Crippen molar-refractivity contribution in [1.29, 1.82) is 0 Å². The van der Waals surface area contributed by atoms with E-state index in [1.54, 1.807) is 12.1 Å². The van der Waals surface area contributed by atoms with Crippen molar-refractivity contribution in [2.24, 2.45) is 5.92 Å². The van der Waals surface area contributed by atoms with Crippen LogP contribution in [0, 0.1) is 5.92 Å². The third-order valence-corrected chi connectivity index (χ3v) is 5.41. The number of nitrogens with zero attached hydrogens (tertiary/aromatic N) is 1. The standard InChI is InChI=1S/C26H37NO3/c1-18(2)17-30-25-13-12-22(26(28)29)16-24(25)23(21-10-8-7-9-11-21)14-15-27(19(3)4)20(5)6/h7-13,16,18-20,23H,14-15,17H2,1-6H3,(H,28,29)/t23-/m1/s1. The number of carbonyl (C=O) groups is 1. The van der Waals surface area contributed by atoms with Gasteiger partial charge in [-0.2, -0.15) is 0 Å². The van der Waals surface area contributed by atoms with E-state index in [1.165, 1.54) is 5.56 Å². The Hall–Kier alpha value is -2.33. The summed E-state index contributed by atoms with van der Waals surface area (Å²) in [6, 6.07) is 16.5. The number of aromatic carboxylic acids is 1. The Morgan fingerprint density at radius 1 is 0.967 bits per heavy atom. The lowest BCUT2D eigenvalue weighted by atomic mass is 9.86. The predicted molar refractivity (Wildman–Crippen MR) is 124 cm³/mol. The zero-order valence-corrected chi connectivity index (χ0v) is 19.3. The average Bonchev–Trinajstić information content (AvgIpc) is 2.69. The number of rotatable bonds is 11. The van der Waals surface area contributed by atoms with E-state index in [0.29, 0.717) is 30.2 Å². The lowest BCUT2D eigenvalue weighted by Crippen LogP contribution is -2.38. The van der Waals surface area contributed by atoms with Gasteiger partial charge in [0.2, 0.25) is 0 Å². The minimum absolute atomic E-state index is 0.0627. The molecule has 4 heteroatoms. The first kappa shape index (κ1) is 23.9. The van der Waals surface area contributed by atoms with Crippen molar-refractivity contribution in [2.45, 2.75) is 66.0 Å². The van der Waals surface area contributed by atoms with Gasteiger partial charge in [-0.25, -0.2) is 4.79 Å². The lowest BCUT2D eigenvalue weighted by Gasteiger charge is -2.32. The van der Waals surface area contributed by atoms with E-state index in [9.17, 15) is 9.90 Å². The van der Waals surface area contributed by atoms with Crippen LogP contribution in [0.5, 0.6) is 5.75 Å². The molecule has 164 valence electrons. The molecule has 2 aromatic rings. The Labute approximate surface area is 181 Å². The first-order valence-corrected chi connectivity index (χ1v) is 11.0. The second-order valence-electron chi connectivity index (χ2n) is 8.94. The molecule has 1 atom stereocenters. The molecule has 0 spiro atoms. The summed E-state index contributed by atoms with van der Waals surface area (Å²) in [5, 5.41) is 9.59. The maximum Gasteiger partial charge on any atom is 0.335 e. The van der Waals surface area contributed by atoms with E-state index in [0.717, 1.165) is 24.3 Å². The van der Waals surface area contributed by atoms with Crippen LogP contribution in [0.4, 0.5) is 0 Å². The van der Waals surface area contributed by atoms with Crippen molar-refractivity contribution in [3.63, 3.8) is 0 Å². The molecule has 0 fully saturated rings. The van der Waals surface area contributed by atoms with Crippen LogP contribution in [0.25, 0.3) is 0 Å². The molecule has 0 aliphatic carbocycles. The Bertz CT molecular complexity index is 791. The first-order chi connectivity index (χ1) is 14.2. The quantitative estimate of drug-likeness (QED) is 0.488. The van der Waals surface area contributed by atoms with Gasteiger partial charge in [-0.1, -0.05) is 44.2 Å². The van der Waals surface area contributed by atoms with Gasteiger partial charge in [0, 0.05) is 23.6 Å². The number of hydrogen-bond donors (Lipinski definition) is 1. The molecule has 0 aromatic heterocycles. The zero-order valence-electron chi connectivity index (χ0n) is 19.3. The van der Waals surface area contributed by atoms with Gasteiger partial charge in [-0.05, 0) is 70.3 Å². The van der Waals surface area contributed by atoms with Crippen LogP contribution in [0.15, 0.2) is 48.5 Å². The van der Waals surface area contributed by atoms with E-state index in [1.807, 2.05) is 24.3 Å². The van der Waals surface area contributed by atoms with Crippen molar-refractivity contribution in [3.05, 3.63) is 65.2 Å². The van der Waals surface area contributed by atoms with Crippen molar-refractivity contribution < 1.29 is 14.6 Å². The second-order valence-corrected chi connectivity index (χ2v) is 8.94. The highest BCUT2D eigenvalue weighted by Gasteiger charge is 2.23. The number of carboxylic acids is 1. The van der Waals surface area contributed by atoms with E-state index in [4.69, 9.17) is 4.74 Å². The molecular formula is C26H37NO3. The predicted octanol–water partition coefficient (Wildman–Crippen LogP) is 6.06. The number of carboxylic acid groups (broad SMARTS) is 1. The van der Waals surface area contributed by atoms with Crippen LogP contribution in [0.3, 0.4) is 0 Å². The maximum atomic E-state index is 11.7. The first-order valence-electron chi connectivity index (χ1n) is 11.0. The topological polar surface area (TPSA) is 49.8 Å². The molecule has 0 unspecified atom stereocenters. The summed E-state index contributed by atoms with van der Waals surface area (Å²) in [5.74, 6) is 0.324. The Kier molecular flexibility index (Phi) is 8.91. The normalized spacial score (nSPS) is 12.7. The van der Waals surface area contributed by atoms with Crippen LogP contribution < -0.4 is 4.74 Å². The van der Waals surface area contributed by atoms with Gasteiger partial charge in [0.15, 0.2) is 0 Å². The summed E-state index contributed by atoms with van der Waals surface area (Å²) in [5.41, 5.74) is 2.43. The largest absolute Gasteiger partial charge is 0.493 e. The molecule has 0 aliphatic rings. The summed E-state index contributed by atoms with van der Waals surface area (Å²) in [4.78, 5) is 14.2. The van der Waals surface area contributed by atoms with Crippen LogP contribution in [0.2, 0.25) is 0 Å². The Morgan fingerprint density at radius 2 is 1.60 bits per heavy atom. The van der Waals surface area contributed by atoms with Crippen LogP contribution in [0.1, 0.15) is 75.4 Å². The lowest BCUT2D eigenvalue weighted by molar-refractivity contribution is 0.0696. The highest BCUT2D eigenvalue weighted by molar-refractivity contribution is 5.88. The minimum Gasteiger partial charge on any atom is -0.493 e. The number of hydrogen-bond acceptors (Lipinski definition) is 3. The monoisotopic (exact) mass is 411 g/mol. The van der Waals surface area contributed by atoms with Crippen LogP contribution in [-0.2, 0) is 0 Å². The third-order valence-electron chi connectivity index (χ3n) is 5.41. The smallest absolute Gasteiger partial charge is 0.335 e. The van der Waals surface area contributed by atoms with Crippen molar-refractivity contribution in [3.8, 4) is 5.75 Å². The molecule has 0 amide bonds.